The topological polar surface area (TPSA) is 105 Å². The first-order chi connectivity index (χ1) is 16.4. The normalized spacial score (nSPS) is 15.3. The van der Waals surface area contributed by atoms with Crippen LogP contribution in [0.25, 0.3) is 5.69 Å². The summed E-state index contributed by atoms with van der Waals surface area (Å²) in [6.07, 6.45) is 1.91. The van der Waals surface area contributed by atoms with Crippen molar-refractivity contribution in [3.05, 3.63) is 76.0 Å². The van der Waals surface area contributed by atoms with Crippen LogP contribution < -0.4 is 0 Å². The van der Waals surface area contributed by atoms with E-state index in [1.165, 1.54) is 14.0 Å². The number of aryl methyl sites for hydroxylation is 1. The zero-order chi connectivity index (χ0) is 24.2. The van der Waals surface area contributed by atoms with Crippen LogP contribution in [0.1, 0.15) is 48.6 Å². The average molecular weight is 527 g/mol. The van der Waals surface area contributed by atoms with Gasteiger partial charge < -0.3 is 14.2 Å². The molecule has 2 aromatic heterocycles. The van der Waals surface area contributed by atoms with Gasteiger partial charge in [-0.05, 0) is 43.7 Å². The molecule has 3 aromatic rings. The van der Waals surface area contributed by atoms with Crippen molar-refractivity contribution in [2.45, 2.75) is 39.0 Å². The Morgan fingerprint density at radius 2 is 2.00 bits per heavy atom. The van der Waals surface area contributed by atoms with E-state index in [-0.39, 0.29) is 6.42 Å². The molecule has 3 heterocycles. The molecule has 1 aromatic carbocycles. The van der Waals surface area contributed by atoms with Crippen LogP contribution in [-0.4, -0.2) is 45.8 Å². The van der Waals surface area contributed by atoms with E-state index in [0.29, 0.717) is 12.1 Å². The number of carbonyl (C=O) groups is 2. The summed E-state index contributed by atoms with van der Waals surface area (Å²) in [5, 5.41) is 0. The molecule has 0 aliphatic carbocycles. The third kappa shape index (κ3) is 5.01. The number of hydrogen-bond acceptors (Lipinski definition) is 8. The number of aliphatic imine (C=N–C) groups is 1. The monoisotopic (exact) mass is 526 g/mol. The Bertz CT molecular complexity index is 1240. The standard InChI is InChI=1S/C24H23BrN4O5/c1-14-13-27-23-19(8-10-21(30)33-15(2)34-24(31)32-3)28-22(18-6-4-5-11-26-18)17-12-16(25)7-9-20(17)29(14)23/h4-7,9,11-13,15,19H,8,10H2,1-3H3/t15?,19-/m0/s1. The number of pyridine rings is 1. The maximum Gasteiger partial charge on any atom is 0.511 e. The second kappa shape index (κ2) is 10.2. The highest BCUT2D eigenvalue weighted by molar-refractivity contribution is 9.10. The van der Waals surface area contributed by atoms with Gasteiger partial charge in [0.1, 0.15) is 11.9 Å². The predicted octanol–water partition coefficient (Wildman–Crippen LogP) is 4.68. The molecule has 0 saturated heterocycles. The second-order valence-electron chi connectivity index (χ2n) is 7.63. The van der Waals surface area contributed by atoms with E-state index in [9.17, 15) is 9.59 Å². The first kappa shape index (κ1) is 23.6. The summed E-state index contributed by atoms with van der Waals surface area (Å²) in [5.74, 6) is 0.198. The first-order valence-corrected chi connectivity index (χ1v) is 11.4. The highest BCUT2D eigenvalue weighted by Gasteiger charge is 2.28. The Labute approximate surface area is 204 Å². The SMILES string of the molecule is COC(=O)OC(C)OC(=O)CC[C@@H]1N=C(c2ccccn2)c2cc(Br)ccc2-n2c(C)cnc21. The van der Waals surface area contributed by atoms with Gasteiger partial charge in [-0.3, -0.25) is 19.3 Å². The van der Waals surface area contributed by atoms with Gasteiger partial charge in [-0.2, -0.15) is 0 Å². The zero-order valence-corrected chi connectivity index (χ0v) is 20.5. The first-order valence-electron chi connectivity index (χ1n) is 10.6. The summed E-state index contributed by atoms with van der Waals surface area (Å²) < 4.78 is 17.4. The quantitative estimate of drug-likeness (QED) is 0.339. The summed E-state index contributed by atoms with van der Waals surface area (Å²) >= 11 is 3.57. The minimum atomic E-state index is -1.06. The van der Waals surface area contributed by atoms with E-state index >= 15 is 0 Å². The van der Waals surface area contributed by atoms with E-state index in [2.05, 4.69) is 35.2 Å². The van der Waals surface area contributed by atoms with Crippen LogP contribution in [0.4, 0.5) is 4.79 Å². The molecule has 0 bridgehead atoms. The van der Waals surface area contributed by atoms with Gasteiger partial charge >= 0.3 is 12.1 Å². The van der Waals surface area contributed by atoms with Crippen LogP contribution in [0, 0.1) is 6.92 Å². The Hall–Kier alpha value is -3.53. The summed E-state index contributed by atoms with van der Waals surface area (Å²) in [6, 6.07) is 11.2. The Kier molecular flexibility index (Phi) is 7.06. The van der Waals surface area contributed by atoms with Gasteiger partial charge in [0, 0.05) is 41.5 Å². The number of methoxy groups -OCH3 is 1. The van der Waals surface area contributed by atoms with Gasteiger partial charge in [-0.15, -0.1) is 0 Å². The molecule has 10 heteroatoms. The number of aromatic nitrogens is 3. The molecular formula is C24H23BrN4O5. The molecule has 0 saturated carbocycles. The second-order valence-corrected chi connectivity index (χ2v) is 8.55. The molecule has 34 heavy (non-hydrogen) atoms. The molecule has 1 aliphatic rings. The molecule has 9 nitrogen and oxygen atoms in total. The van der Waals surface area contributed by atoms with E-state index in [1.807, 2.05) is 43.3 Å². The van der Waals surface area contributed by atoms with Gasteiger partial charge in [-0.1, -0.05) is 22.0 Å². The fraction of sp³-hybridized carbons (Fsp3) is 0.292. The third-order valence-electron chi connectivity index (χ3n) is 5.26. The van der Waals surface area contributed by atoms with Gasteiger partial charge in [-0.25, -0.2) is 9.78 Å². The van der Waals surface area contributed by atoms with Crippen LogP contribution in [0.2, 0.25) is 0 Å². The molecule has 4 rings (SSSR count). The third-order valence-corrected chi connectivity index (χ3v) is 5.75. The van der Waals surface area contributed by atoms with Gasteiger partial charge in [0.2, 0.25) is 6.29 Å². The van der Waals surface area contributed by atoms with Gasteiger partial charge in [0.05, 0.1) is 24.2 Å². The number of esters is 1. The van der Waals surface area contributed by atoms with E-state index < -0.39 is 24.5 Å². The lowest BCUT2D eigenvalue weighted by atomic mass is 10.0. The van der Waals surface area contributed by atoms with E-state index in [4.69, 9.17) is 14.5 Å². The number of nitrogens with zero attached hydrogens (tertiary/aromatic N) is 4. The number of rotatable bonds is 6. The Morgan fingerprint density at radius 1 is 1.18 bits per heavy atom. The van der Waals surface area contributed by atoms with Crippen molar-refractivity contribution in [3.8, 4) is 5.69 Å². The summed E-state index contributed by atoms with van der Waals surface area (Å²) in [6.45, 7) is 3.42. The van der Waals surface area contributed by atoms with E-state index in [0.717, 1.165) is 32.9 Å². The summed E-state index contributed by atoms with van der Waals surface area (Å²) in [7, 11) is 1.18. The van der Waals surface area contributed by atoms with Crippen LogP contribution in [0.5, 0.6) is 0 Å². The lowest BCUT2D eigenvalue weighted by molar-refractivity contribution is -0.167. The number of benzene rings is 1. The molecular weight excluding hydrogens is 504 g/mol. The molecule has 1 aliphatic heterocycles. The maximum absolute atomic E-state index is 12.4. The van der Waals surface area contributed by atoms with Crippen molar-refractivity contribution in [1.82, 2.24) is 14.5 Å². The molecule has 2 atom stereocenters. The minimum Gasteiger partial charge on any atom is -0.438 e. The van der Waals surface area contributed by atoms with Crippen LogP contribution in [0.15, 0.2) is 58.3 Å². The highest BCUT2D eigenvalue weighted by Crippen LogP contribution is 2.34. The largest absolute Gasteiger partial charge is 0.511 e. The molecule has 0 spiro atoms. The lowest BCUT2D eigenvalue weighted by Gasteiger charge is -2.15. The van der Waals surface area contributed by atoms with E-state index in [1.54, 1.807) is 12.4 Å². The van der Waals surface area contributed by atoms with Gasteiger partial charge in [0.15, 0.2) is 0 Å². The zero-order valence-electron chi connectivity index (χ0n) is 18.9. The van der Waals surface area contributed by atoms with Crippen molar-refractivity contribution >= 4 is 33.8 Å². The molecule has 0 N–H and O–H groups in total. The highest BCUT2D eigenvalue weighted by atomic mass is 79.9. The number of hydrogen-bond donors (Lipinski definition) is 0. The maximum atomic E-state index is 12.4. The lowest BCUT2D eigenvalue weighted by Crippen LogP contribution is -2.22. The van der Waals surface area contributed by atoms with Crippen LogP contribution in [-0.2, 0) is 19.0 Å². The molecule has 0 radical (unpaired) electrons. The number of carbonyl (C=O) groups excluding carboxylic acids is 2. The smallest absolute Gasteiger partial charge is 0.438 e. The minimum absolute atomic E-state index is 0.0461. The number of imidazole rings is 1. The number of fused-ring (bicyclic) bond motifs is 3. The average Bonchev–Trinajstić information content (AvgIpc) is 3.14. The molecule has 0 fully saturated rings. The fourth-order valence-corrected chi connectivity index (χ4v) is 4.15. The fourth-order valence-electron chi connectivity index (χ4n) is 3.79. The van der Waals surface area contributed by atoms with Crippen molar-refractivity contribution in [1.29, 1.82) is 0 Å². The van der Waals surface area contributed by atoms with Crippen molar-refractivity contribution < 1.29 is 23.8 Å². The predicted molar refractivity (Wildman–Crippen MR) is 127 cm³/mol. The summed E-state index contributed by atoms with van der Waals surface area (Å²) in [5.41, 5.74) is 4.22. The molecule has 0 amide bonds. The number of ether oxygens (including phenoxy) is 3. The van der Waals surface area contributed by atoms with Crippen molar-refractivity contribution in [2.75, 3.05) is 7.11 Å². The number of halogens is 1. The van der Waals surface area contributed by atoms with Crippen molar-refractivity contribution in [2.24, 2.45) is 4.99 Å². The van der Waals surface area contributed by atoms with Crippen LogP contribution >= 0.6 is 15.9 Å². The Morgan fingerprint density at radius 3 is 2.74 bits per heavy atom. The Balaban J connectivity index is 1.67. The van der Waals surface area contributed by atoms with Crippen LogP contribution in [0.3, 0.4) is 0 Å². The molecule has 1 unspecified atom stereocenters. The molecule has 176 valence electrons. The summed E-state index contributed by atoms with van der Waals surface area (Å²) in [4.78, 5) is 37.8. The van der Waals surface area contributed by atoms with Crippen molar-refractivity contribution in [3.63, 3.8) is 0 Å². The van der Waals surface area contributed by atoms with Gasteiger partial charge in [0.25, 0.3) is 0 Å².